The molecular weight excluding hydrogens is 84.2 g/mol. The molecule has 0 radical (unpaired) electrons. The van der Waals surface area contributed by atoms with Gasteiger partial charge in [0.15, 0.2) is 0 Å². The standard InChI is InChI=1S/Ne.O2S/c;1-3-2. The van der Waals surface area contributed by atoms with Crippen LogP contribution in [0.15, 0.2) is 0 Å². The summed E-state index contributed by atoms with van der Waals surface area (Å²) >= 11 is -0.750. The molecule has 0 aliphatic rings. The Kier molecular flexibility index (Phi) is 35.6. The quantitative estimate of drug-likeness (QED) is 0.390. The predicted molar refractivity (Wildman–Crippen MR) is 8.92 cm³/mol. The maximum atomic E-state index is 8.29. The molecule has 0 atom stereocenters. The Morgan fingerprint density at radius 3 is 1.25 bits per heavy atom. The van der Waals surface area contributed by atoms with Crippen LogP contribution in [0, 0.1) is 6.15 Å². The maximum absolute atomic E-state index is 8.29. The van der Waals surface area contributed by atoms with Crippen molar-refractivity contribution in [2.45, 2.75) is 0 Å². The van der Waals surface area contributed by atoms with Crippen LogP contribution in [0.25, 0.3) is 0 Å². The largest absolute Gasteiger partial charge is 0.335 e. The molecule has 0 bridgehead atoms. The predicted octanol–water partition coefficient (Wildman–Crippen LogP) is -0.670. The molecule has 0 saturated heterocycles. The summed E-state index contributed by atoms with van der Waals surface area (Å²) < 4.78 is 16.6. The molecule has 0 N–H and O–H groups in total. The van der Waals surface area contributed by atoms with Gasteiger partial charge in [-0.3, -0.25) is 0 Å². The van der Waals surface area contributed by atoms with Gasteiger partial charge in [-0.05, 0) is 0 Å². The molecule has 26 valence electrons. The van der Waals surface area contributed by atoms with Gasteiger partial charge in [0.05, 0.1) is 0 Å². The third kappa shape index (κ3) is 12.5. The van der Waals surface area contributed by atoms with Gasteiger partial charge in [-0.25, -0.2) is 0 Å². The average Bonchev–Trinajstić information content (AvgIpc) is 0.918. The second kappa shape index (κ2) is 15.3. The van der Waals surface area contributed by atoms with E-state index in [4.69, 9.17) is 8.42 Å². The zero-order chi connectivity index (χ0) is 2.71. The van der Waals surface area contributed by atoms with E-state index in [0.717, 1.165) is 0 Å². The van der Waals surface area contributed by atoms with Crippen LogP contribution in [-0.2, 0) is 11.6 Å². The molecule has 0 aromatic rings. The fraction of sp³-hybridized carbons (Fsp3) is 0. The summed E-state index contributed by atoms with van der Waals surface area (Å²) in [7, 11) is 0. The van der Waals surface area contributed by atoms with Gasteiger partial charge in [-0.2, -0.15) is 8.42 Å². The molecule has 0 aliphatic carbocycles. The summed E-state index contributed by atoms with van der Waals surface area (Å²) in [5.74, 6) is 0. The molecule has 0 spiro atoms. The second-order valence-corrected chi connectivity index (χ2v) is 0.204. The van der Waals surface area contributed by atoms with Gasteiger partial charge in [0.2, 0.25) is 0 Å². The Hall–Kier alpha value is -0.271. The zero-order valence-electron chi connectivity index (χ0n) is 1.58. The van der Waals surface area contributed by atoms with Crippen LogP contribution in [0.4, 0.5) is 0 Å². The minimum absolute atomic E-state index is 0. The Morgan fingerprint density at radius 2 is 1.25 bits per heavy atom. The number of hydrogen-bond acceptors (Lipinski definition) is 2. The minimum Gasteiger partial charge on any atom is -0.168 e. The van der Waals surface area contributed by atoms with E-state index in [1.54, 1.807) is 0 Å². The first-order valence-corrected chi connectivity index (χ1v) is 1.00. The summed E-state index contributed by atoms with van der Waals surface area (Å²) in [5, 5.41) is 0. The molecule has 0 heterocycles. The van der Waals surface area contributed by atoms with Gasteiger partial charge in [-0.15, -0.1) is 0 Å². The molecule has 0 rings (SSSR count). The minimum atomic E-state index is -0.750. The summed E-state index contributed by atoms with van der Waals surface area (Å²) in [5.41, 5.74) is 0. The first-order valence-electron chi connectivity index (χ1n) is 0.333. The Bertz CT molecular complexity index is 27.0. The molecule has 0 aliphatic heterocycles. The van der Waals surface area contributed by atoms with Gasteiger partial charge in [0, 0.05) is 6.15 Å². The number of rotatable bonds is 0. The maximum Gasteiger partial charge on any atom is 0.335 e. The van der Waals surface area contributed by atoms with Crippen LogP contribution in [-0.4, -0.2) is 8.42 Å². The van der Waals surface area contributed by atoms with Crippen LogP contribution in [0.5, 0.6) is 0 Å². The third-order valence-electron chi connectivity index (χ3n) is 0. The van der Waals surface area contributed by atoms with E-state index in [1.807, 2.05) is 0 Å². The third-order valence-corrected chi connectivity index (χ3v) is 0. The molecule has 0 unspecified atom stereocenters. The van der Waals surface area contributed by atoms with Gasteiger partial charge in [0.1, 0.15) is 0 Å². The van der Waals surface area contributed by atoms with Gasteiger partial charge < -0.3 is 0 Å². The van der Waals surface area contributed by atoms with E-state index < -0.39 is 11.6 Å². The summed E-state index contributed by atoms with van der Waals surface area (Å²) in [4.78, 5) is 0. The molecule has 0 aromatic carbocycles. The summed E-state index contributed by atoms with van der Waals surface area (Å²) in [6.45, 7) is 0. The molecule has 4 heavy (non-hydrogen) atoms. The van der Waals surface area contributed by atoms with Gasteiger partial charge in [0.25, 0.3) is 0 Å². The van der Waals surface area contributed by atoms with Crippen LogP contribution in [0.3, 0.4) is 0 Å². The Morgan fingerprint density at radius 1 is 1.25 bits per heavy atom. The van der Waals surface area contributed by atoms with Gasteiger partial charge in [-0.1, -0.05) is 0 Å². The molecule has 0 saturated carbocycles. The molecule has 2 nitrogen and oxygen atoms in total. The Labute approximate surface area is 27.2 Å². The normalized spacial score (nSPS) is 3.00. The Balaban J connectivity index is 0. The van der Waals surface area contributed by atoms with Crippen LogP contribution >= 0.6 is 0 Å². The van der Waals surface area contributed by atoms with E-state index in [0.29, 0.717) is 0 Å². The SMILES string of the molecule is O=S=O.[Ne]. The average molecular weight is 84.2 g/mol. The fourth-order valence-electron chi connectivity index (χ4n) is 0. The molecule has 0 aromatic heterocycles. The summed E-state index contributed by atoms with van der Waals surface area (Å²) in [6.07, 6.45) is 0. The molecule has 0 fully saturated rings. The van der Waals surface area contributed by atoms with Crippen molar-refractivity contribution >= 4 is 11.6 Å². The van der Waals surface area contributed by atoms with E-state index in [-0.39, 0.29) is 6.15 Å². The molecule has 4 heteroatoms. The van der Waals surface area contributed by atoms with Crippen LogP contribution in [0.2, 0.25) is 0 Å². The number of hydrogen-bond donors (Lipinski definition) is 0. The summed E-state index contributed by atoms with van der Waals surface area (Å²) in [6, 6.07) is 0. The van der Waals surface area contributed by atoms with Crippen molar-refractivity contribution in [3.63, 3.8) is 0 Å². The second-order valence-electron chi connectivity index (χ2n) is 0.0680. The fourth-order valence-corrected chi connectivity index (χ4v) is 0. The first kappa shape index (κ1) is 9.29. The van der Waals surface area contributed by atoms with E-state index in [9.17, 15) is 0 Å². The topological polar surface area (TPSA) is 34.1 Å². The zero-order valence-corrected chi connectivity index (χ0v) is 2.39. The monoisotopic (exact) mass is 84.0 g/mol. The van der Waals surface area contributed by atoms with Crippen LogP contribution < -0.4 is 0 Å². The van der Waals surface area contributed by atoms with E-state index in [1.165, 1.54) is 0 Å². The van der Waals surface area contributed by atoms with Crippen molar-refractivity contribution in [1.82, 2.24) is 0 Å². The van der Waals surface area contributed by atoms with Crippen molar-refractivity contribution in [3.8, 4) is 0 Å². The first-order chi connectivity index (χ1) is 1.41. The van der Waals surface area contributed by atoms with Crippen molar-refractivity contribution in [1.29, 1.82) is 0 Å². The smallest absolute Gasteiger partial charge is 0.168 e. The van der Waals surface area contributed by atoms with Crippen molar-refractivity contribution in [3.05, 3.63) is 0 Å². The van der Waals surface area contributed by atoms with Crippen LogP contribution in [0.1, 0.15) is 0 Å². The molecular formula is NeO2S. The van der Waals surface area contributed by atoms with E-state index in [2.05, 4.69) is 0 Å². The van der Waals surface area contributed by atoms with Gasteiger partial charge >= 0.3 is 11.6 Å². The van der Waals surface area contributed by atoms with Crippen molar-refractivity contribution < 1.29 is 14.6 Å². The van der Waals surface area contributed by atoms with Crippen molar-refractivity contribution in [2.75, 3.05) is 0 Å². The van der Waals surface area contributed by atoms with Crippen molar-refractivity contribution in [2.24, 2.45) is 0 Å². The van der Waals surface area contributed by atoms with E-state index >= 15 is 0 Å². The molecule has 0 amide bonds.